The zero-order chi connectivity index (χ0) is 6.78. The first-order valence-corrected chi connectivity index (χ1v) is 3.80. The molecular formula is C3H9NO3S. The van der Waals surface area contributed by atoms with E-state index in [0.29, 0.717) is 0 Å². The third-order valence-electron chi connectivity index (χ3n) is 0.284. The molecule has 0 aromatic rings. The van der Waals surface area contributed by atoms with Gasteiger partial charge in [-0.15, -0.1) is 0 Å². The monoisotopic (exact) mass is 139 g/mol. The molecular weight excluding hydrogens is 130 g/mol. The smallest absolute Gasteiger partial charge is 0.198 e. The summed E-state index contributed by atoms with van der Waals surface area (Å²) in [6.45, 7) is 0. The van der Waals surface area contributed by atoms with Gasteiger partial charge in [-0.25, -0.2) is 0 Å². The zero-order valence-corrected chi connectivity index (χ0v) is 5.90. The van der Waals surface area contributed by atoms with Crippen molar-refractivity contribution in [2.75, 3.05) is 20.4 Å². The molecule has 8 heavy (non-hydrogen) atoms. The maximum absolute atomic E-state index is 10.2. The van der Waals surface area contributed by atoms with Gasteiger partial charge in [0.2, 0.25) is 0 Å². The van der Waals surface area contributed by atoms with Crippen molar-refractivity contribution in [1.82, 2.24) is 5.06 Å². The van der Waals surface area contributed by atoms with E-state index in [2.05, 4.69) is 4.28 Å². The number of hydrogen-bond acceptors (Lipinski definition) is 4. The highest BCUT2D eigenvalue weighted by atomic mass is 32.2. The molecule has 0 saturated carbocycles. The molecule has 0 aromatic carbocycles. The Bertz CT molecular complexity index is 148. The van der Waals surface area contributed by atoms with Gasteiger partial charge in [0.25, 0.3) is 10.1 Å². The molecule has 0 rings (SSSR count). The molecule has 0 saturated heterocycles. The lowest BCUT2D eigenvalue weighted by atomic mass is 11.2. The Labute approximate surface area is 49.1 Å². The summed E-state index contributed by atoms with van der Waals surface area (Å²) in [4.78, 5) is 0. The van der Waals surface area contributed by atoms with Gasteiger partial charge in [0.1, 0.15) is 0 Å². The first kappa shape index (κ1) is 7.87. The van der Waals surface area contributed by atoms with Gasteiger partial charge >= 0.3 is 0 Å². The SMILES string of the molecule is CN(C)OS(C)(=O)=O. The molecule has 4 nitrogen and oxygen atoms in total. The van der Waals surface area contributed by atoms with Crippen LogP contribution in [0.15, 0.2) is 0 Å². The van der Waals surface area contributed by atoms with Gasteiger partial charge in [0.15, 0.2) is 0 Å². The van der Waals surface area contributed by atoms with Gasteiger partial charge in [-0.1, -0.05) is 0 Å². The Hall–Kier alpha value is -0.130. The molecule has 0 aliphatic rings. The molecule has 0 N–H and O–H groups in total. The largest absolute Gasteiger partial charge is 0.280 e. The third-order valence-corrected chi connectivity index (χ3v) is 0.853. The summed E-state index contributed by atoms with van der Waals surface area (Å²) in [5, 5.41) is 1.12. The fourth-order valence-electron chi connectivity index (χ4n) is 0.271. The summed E-state index contributed by atoms with van der Waals surface area (Å²) in [7, 11) is -0.295. The lowest BCUT2D eigenvalue weighted by Gasteiger charge is -2.05. The van der Waals surface area contributed by atoms with Crippen LogP contribution < -0.4 is 0 Å². The summed E-state index contributed by atoms with van der Waals surface area (Å²) in [6, 6.07) is 0. The normalized spacial score (nSPS) is 12.5. The summed E-state index contributed by atoms with van der Waals surface area (Å²) in [5.74, 6) is 0. The van der Waals surface area contributed by atoms with Gasteiger partial charge in [-0.05, 0) is 0 Å². The number of nitrogens with zero attached hydrogens (tertiary/aromatic N) is 1. The van der Waals surface area contributed by atoms with Crippen molar-refractivity contribution in [3.05, 3.63) is 0 Å². The fourth-order valence-corrected chi connectivity index (χ4v) is 0.812. The van der Waals surface area contributed by atoms with Gasteiger partial charge in [-0.3, -0.25) is 0 Å². The molecule has 0 heterocycles. The minimum absolute atomic E-state index is 0.993. The van der Waals surface area contributed by atoms with Crippen LogP contribution in [0, 0.1) is 0 Å². The van der Waals surface area contributed by atoms with E-state index < -0.39 is 10.1 Å². The molecule has 0 spiro atoms. The van der Waals surface area contributed by atoms with E-state index >= 15 is 0 Å². The average Bonchev–Trinajstić information content (AvgIpc) is 1.21. The molecule has 50 valence electrons. The van der Waals surface area contributed by atoms with Crippen LogP contribution in [-0.2, 0) is 14.4 Å². The average molecular weight is 139 g/mol. The molecule has 0 fully saturated rings. The number of rotatable bonds is 2. The van der Waals surface area contributed by atoms with Crippen LogP contribution >= 0.6 is 0 Å². The van der Waals surface area contributed by atoms with E-state index in [1.54, 1.807) is 0 Å². The molecule has 5 heteroatoms. The highest BCUT2D eigenvalue weighted by Crippen LogP contribution is 1.86. The van der Waals surface area contributed by atoms with Gasteiger partial charge in [-0.2, -0.15) is 17.8 Å². The van der Waals surface area contributed by atoms with Crippen LogP contribution in [0.5, 0.6) is 0 Å². The first-order chi connectivity index (χ1) is 3.42. The molecule has 0 aliphatic carbocycles. The summed E-state index contributed by atoms with van der Waals surface area (Å²) in [6.07, 6.45) is 0.993. The summed E-state index contributed by atoms with van der Waals surface area (Å²) < 4.78 is 24.6. The Morgan fingerprint density at radius 1 is 1.38 bits per heavy atom. The van der Waals surface area contributed by atoms with Gasteiger partial charge in [0.05, 0.1) is 6.26 Å². The van der Waals surface area contributed by atoms with Crippen molar-refractivity contribution in [3.63, 3.8) is 0 Å². The van der Waals surface area contributed by atoms with Crippen molar-refractivity contribution in [3.8, 4) is 0 Å². The molecule has 0 amide bonds. The molecule has 0 atom stereocenters. The minimum Gasteiger partial charge on any atom is -0.198 e. The molecule has 0 unspecified atom stereocenters. The standard InChI is InChI=1S/C3H9NO3S/c1-4(2)7-8(3,5)6/h1-3H3. The van der Waals surface area contributed by atoms with E-state index in [1.165, 1.54) is 14.1 Å². The Morgan fingerprint density at radius 2 is 1.75 bits per heavy atom. The maximum atomic E-state index is 10.2. The lowest BCUT2D eigenvalue weighted by Crippen LogP contribution is -2.17. The zero-order valence-electron chi connectivity index (χ0n) is 5.08. The van der Waals surface area contributed by atoms with E-state index in [4.69, 9.17) is 0 Å². The fraction of sp³-hybridized carbons (Fsp3) is 1.00. The maximum Gasteiger partial charge on any atom is 0.280 e. The van der Waals surface area contributed by atoms with E-state index in [-0.39, 0.29) is 0 Å². The molecule has 0 aliphatic heterocycles. The first-order valence-electron chi connectivity index (χ1n) is 1.99. The van der Waals surface area contributed by atoms with Crippen LogP contribution in [0.1, 0.15) is 0 Å². The minimum atomic E-state index is -3.30. The Morgan fingerprint density at radius 3 is 1.75 bits per heavy atom. The van der Waals surface area contributed by atoms with Crippen LogP contribution in [0.3, 0.4) is 0 Å². The van der Waals surface area contributed by atoms with Gasteiger partial charge in [0, 0.05) is 14.1 Å². The Balaban J connectivity index is 3.75. The van der Waals surface area contributed by atoms with Crippen LogP contribution in [-0.4, -0.2) is 33.8 Å². The molecule has 0 aromatic heterocycles. The van der Waals surface area contributed by atoms with Crippen LogP contribution in [0.4, 0.5) is 0 Å². The van der Waals surface area contributed by atoms with Crippen molar-refractivity contribution in [2.45, 2.75) is 0 Å². The topological polar surface area (TPSA) is 46.6 Å². The van der Waals surface area contributed by atoms with Crippen LogP contribution in [0.2, 0.25) is 0 Å². The van der Waals surface area contributed by atoms with Crippen LogP contribution in [0.25, 0.3) is 0 Å². The highest BCUT2D eigenvalue weighted by molar-refractivity contribution is 7.85. The second-order valence-electron chi connectivity index (χ2n) is 1.59. The summed E-state index contributed by atoms with van der Waals surface area (Å²) in [5.41, 5.74) is 0. The Kier molecular flexibility index (Phi) is 2.39. The van der Waals surface area contributed by atoms with Gasteiger partial charge < -0.3 is 0 Å². The second kappa shape index (κ2) is 2.43. The lowest BCUT2D eigenvalue weighted by molar-refractivity contribution is 0.00637. The van der Waals surface area contributed by atoms with Crippen molar-refractivity contribution in [2.24, 2.45) is 0 Å². The van der Waals surface area contributed by atoms with Crippen molar-refractivity contribution in [1.29, 1.82) is 0 Å². The number of hydroxylamine groups is 2. The van der Waals surface area contributed by atoms with E-state index in [9.17, 15) is 8.42 Å². The van der Waals surface area contributed by atoms with E-state index in [1.807, 2.05) is 0 Å². The molecule has 0 radical (unpaired) electrons. The van der Waals surface area contributed by atoms with Crippen molar-refractivity contribution >= 4 is 10.1 Å². The number of hydrogen-bond donors (Lipinski definition) is 0. The quantitative estimate of drug-likeness (QED) is 0.481. The third kappa shape index (κ3) is 5.87. The summed E-state index contributed by atoms with van der Waals surface area (Å²) >= 11 is 0. The molecule has 0 bridgehead atoms. The second-order valence-corrected chi connectivity index (χ2v) is 3.15. The predicted molar refractivity (Wildman–Crippen MR) is 29.6 cm³/mol. The predicted octanol–water partition coefficient (Wildman–Crippen LogP) is -0.561. The highest BCUT2D eigenvalue weighted by Gasteiger charge is 2.01. The van der Waals surface area contributed by atoms with Crippen molar-refractivity contribution < 1.29 is 12.7 Å². The van der Waals surface area contributed by atoms with E-state index in [0.717, 1.165) is 11.3 Å².